The van der Waals surface area contributed by atoms with Gasteiger partial charge in [0.1, 0.15) is 5.56 Å². The van der Waals surface area contributed by atoms with E-state index in [-0.39, 0.29) is 23.5 Å². The molecule has 0 aliphatic rings. The Bertz CT molecular complexity index is 632. The van der Waals surface area contributed by atoms with Gasteiger partial charge in [-0.15, -0.1) is 0 Å². The van der Waals surface area contributed by atoms with E-state index in [9.17, 15) is 9.59 Å². The number of aromatic carboxylic acids is 2. The van der Waals surface area contributed by atoms with Crippen LogP contribution < -0.4 is 5.73 Å². The molecule has 0 bridgehead atoms. The number of hydrogen-bond acceptors (Lipinski definition) is 3. The first kappa shape index (κ1) is 12.7. The second-order valence-electron chi connectivity index (χ2n) is 4.03. The van der Waals surface area contributed by atoms with Gasteiger partial charge in [0, 0.05) is 12.7 Å². The van der Waals surface area contributed by atoms with E-state index in [0.717, 1.165) is 5.56 Å². The molecule has 0 fully saturated rings. The van der Waals surface area contributed by atoms with Crippen molar-refractivity contribution in [2.75, 3.05) is 5.73 Å². The second-order valence-corrected chi connectivity index (χ2v) is 4.03. The highest BCUT2D eigenvalue weighted by atomic mass is 16.4. The number of rotatable bonds is 4. The number of carboxylic acid groups (broad SMARTS) is 2. The minimum Gasteiger partial charge on any atom is -0.478 e. The summed E-state index contributed by atoms with van der Waals surface area (Å²) in [5, 5.41) is 18.1. The van der Waals surface area contributed by atoms with E-state index < -0.39 is 11.9 Å². The quantitative estimate of drug-likeness (QED) is 0.772. The van der Waals surface area contributed by atoms with Crippen LogP contribution in [0.25, 0.3) is 0 Å². The first-order valence-electron chi connectivity index (χ1n) is 5.50. The lowest BCUT2D eigenvalue weighted by Gasteiger charge is -2.06. The average molecular weight is 260 g/mol. The molecule has 2 rings (SSSR count). The van der Waals surface area contributed by atoms with Gasteiger partial charge in [0.15, 0.2) is 5.69 Å². The van der Waals surface area contributed by atoms with Gasteiger partial charge in [-0.25, -0.2) is 9.59 Å². The fraction of sp³-hybridized carbons (Fsp3) is 0.0769. The maximum Gasteiger partial charge on any atom is 0.354 e. The lowest BCUT2D eigenvalue weighted by atomic mass is 10.2. The third-order valence-corrected chi connectivity index (χ3v) is 2.75. The van der Waals surface area contributed by atoms with Crippen LogP contribution in [0.1, 0.15) is 26.4 Å². The van der Waals surface area contributed by atoms with Gasteiger partial charge < -0.3 is 20.5 Å². The van der Waals surface area contributed by atoms with Crippen molar-refractivity contribution in [2.45, 2.75) is 6.54 Å². The molecule has 0 aliphatic heterocycles. The fourth-order valence-electron chi connectivity index (χ4n) is 1.89. The number of aromatic nitrogens is 1. The number of nitrogens with two attached hydrogens (primary N) is 1. The van der Waals surface area contributed by atoms with Crippen molar-refractivity contribution in [3.05, 3.63) is 53.3 Å². The number of benzene rings is 1. The summed E-state index contributed by atoms with van der Waals surface area (Å²) in [5.41, 5.74) is 5.80. The molecule has 4 N–H and O–H groups in total. The normalized spacial score (nSPS) is 10.3. The highest BCUT2D eigenvalue weighted by molar-refractivity contribution is 6.02. The average Bonchev–Trinajstić information content (AvgIpc) is 2.67. The lowest BCUT2D eigenvalue weighted by Crippen LogP contribution is -2.10. The molecule has 1 heterocycles. The Labute approximate surface area is 108 Å². The molecule has 98 valence electrons. The zero-order valence-electron chi connectivity index (χ0n) is 9.91. The molecule has 0 amide bonds. The molecule has 0 unspecified atom stereocenters. The van der Waals surface area contributed by atoms with Gasteiger partial charge in [-0.1, -0.05) is 30.3 Å². The van der Waals surface area contributed by atoms with Gasteiger partial charge in [0.05, 0.1) is 5.69 Å². The summed E-state index contributed by atoms with van der Waals surface area (Å²) < 4.78 is 1.33. The summed E-state index contributed by atoms with van der Waals surface area (Å²) in [6.07, 6.45) is 1.24. The van der Waals surface area contributed by atoms with Crippen LogP contribution in [0, 0.1) is 0 Å². The molecule has 19 heavy (non-hydrogen) atoms. The fourth-order valence-corrected chi connectivity index (χ4v) is 1.89. The van der Waals surface area contributed by atoms with Crippen molar-refractivity contribution < 1.29 is 19.8 Å². The van der Waals surface area contributed by atoms with Gasteiger partial charge in [-0.3, -0.25) is 0 Å². The van der Waals surface area contributed by atoms with Gasteiger partial charge >= 0.3 is 11.9 Å². The second kappa shape index (κ2) is 4.85. The van der Waals surface area contributed by atoms with Gasteiger partial charge in [0.25, 0.3) is 0 Å². The number of hydrogen-bond donors (Lipinski definition) is 3. The Morgan fingerprint density at radius 2 is 1.74 bits per heavy atom. The van der Waals surface area contributed by atoms with E-state index in [2.05, 4.69) is 0 Å². The topological polar surface area (TPSA) is 106 Å². The van der Waals surface area contributed by atoms with E-state index in [0.29, 0.717) is 0 Å². The molecule has 6 heteroatoms. The zero-order valence-corrected chi connectivity index (χ0v) is 9.91. The Kier molecular flexibility index (Phi) is 3.24. The first-order valence-corrected chi connectivity index (χ1v) is 5.50. The highest BCUT2D eigenvalue weighted by Crippen LogP contribution is 2.21. The zero-order chi connectivity index (χ0) is 14.0. The summed E-state index contributed by atoms with van der Waals surface area (Å²) in [6, 6.07) is 9.13. The van der Waals surface area contributed by atoms with Crippen molar-refractivity contribution in [3.63, 3.8) is 0 Å². The van der Waals surface area contributed by atoms with Crippen molar-refractivity contribution in [1.82, 2.24) is 4.57 Å². The maximum atomic E-state index is 11.2. The van der Waals surface area contributed by atoms with E-state index >= 15 is 0 Å². The lowest BCUT2D eigenvalue weighted by molar-refractivity contribution is 0.0683. The van der Waals surface area contributed by atoms with E-state index in [1.165, 1.54) is 10.8 Å². The van der Waals surface area contributed by atoms with E-state index in [1.807, 2.05) is 30.3 Å². The molecule has 0 saturated carbocycles. The molecule has 1 aromatic carbocycles. The molecule has 2 aromatic rings. The molecule has 0 spiro atoms. The standard InChI is InChI=1S/C13H12N2O4/c14-10-9(12(16)17)7-15(11(10)13(18)19)6-8-4-2-1-3-5-8/h1-5,7H,6,14H2,(H,16,17)(H,18,19). The van der Waals surface area contributed by atoms with Crippen molar-refractivity contribution in [3.8, 4) is 0 Å². The number of anilines is 1. The Morgan fingerprint density at radius 1 is 1.11 bits per heavy atom. The van der Waals surface area contributed by atoms with Crippen LogP contribution in [0.15, 0.2) is 36.5 Å². The molecule has 0 atom stereocenters. The van der Waals surface area contributed by atoms with Gasteiger partial charge in [0.2, 0.25) is 0 Å². The molecule has 0 aliphatic carbocycles. The molecule has 1 aromatic heterocycles. The summed E-state index contributed by atoms with van der Waals surface area (Å²) >= 11 is 0. The van der Waals surface area contributed by atoms with Gasteiger partial charge in [-0.05, 0) is 5.56 Å². The molecule has 6 nitrogen and oxygen atoms in total. The van der Waals surface area contributed by atoms with Crippen molar-refractivity contribution >= 4 is 17.6 Å². The summed E-state index contributed by atoms with van der Waals surface area (Å²) in [6.45, 7) is 0.250. The largest absolute Gasteiger partial charge is 0.478 e. The molecular formula is C13H12N2O4. The number of nitrogens with zero attached hydrogens (tertiary/aromatic N) is 1. The van der Waals surface area contributed by atoms with Gasteiger partial charge in [-0.2, -0.15) is 0 Å². The van der Waals surface area contributed by atoms with Crippen LogP contribution in [-0.4, -0.2) is 26.7 Å². The van der Waals surface area contributed by atoms with Crippen molar-refractivity contribution in [1.29, 1.82) is 0 Å². The number of nitrogen functional groups attached to an aromatic ring is 1. The van der Waals surface area contributed by atoms with Crippen LogP contribution in [0.2, 0.25) is 0 Å². The smallest absolute Gasteiger partial charge is 0.354 e. The third-order valence-electron chi connectivity index (χ3n) is 2.75. The van der Waals surface area contributed by atoms with E-state index in [4.69, 9.17) is 15.9 Å². The number of carbonyl (C=O) groups is 2. The van der Waals surface area contributed by atoms with Crippen LogP contribution in [0.4, 0.5) is 5.69 Å². The minimum absolute atomic E-state index is 0.201. The molecule has 0 radical (unpaired) electrons. The molecule has 0 saturated heterocycles. The van der Waals surface area contributed by atoms with Crippen LogP contribution in [-0.2, 0) is 6.54 Å². The third kappa shape index (κ3) is 2.42. The molecular weight excluding hydrogens is 248 g/mol. The first-order chi connectivity index (χ1) is 9.00. The van der Waals surface area contributed by atoms with Crippen LogP contribution in [0.5, 0.6) is 0 Å². The Morgan fingerprint density at radius 3 is 2.26 bits per heavy atom. The maximum absolute atomic E-state index is 11.2. The van der Waals surface area contributed by atoms with E-state index in [1.54, 1.807) is 0 Å². The predicted octanol–water partition coefficient (Wildman–Crippen LogP) is 1.52. The summed E-state index contributed by atoms with van der Waals surface area (Å²) in [4.78, 5) is 22.2. The van der Waals surface area contributed by atoms with Crippen LogP contribution in [0.3, 0.4) is 0 Å². The monoisotopic (exact) mass is 260 g/mol. The summed E-state index contributed by atoms with van der Waals surface area (Å²) in [5.74, 6) is -2.49. The Hall–Kier alpha value is -2.76. The number of carboxylic acids is 2. The SMILES string of the molecule is Nc1c(C(=O)O)cn(Cc2ccccc2)c1C(=O)O. The predicted molar refractivity (Wildman–Crippen MR) is 68.3 cm³/mol. The highest BCUT2D eigenvalue weighted by Gasteiger charge is 2.22. The van der Waals surface area contributed by atoms with Crippen molar-refractivity contribution in [2.24, 2.45) is 0 Å². The Balaban J connectivity index is 2.48. The van der Waals surface area contributed by atoms with Crippen LogP contribution >= 0.6 is 0 Å². The minimum atomic E-state index is -1.25. The summed E-state index contributed by atoms with van der Waals surface area (Å²) in [7, 11) is 0.